The predicted molar refractivity (Wildman–Crippen MR) is 93.8 cm³/mol. The summed E-state index contributed by atoms with van der Waals surface area (Å²) >= 11 is 0. The largest absolute Gasteiger partial charge is 0.483 e. The fourth-order valence-electron chi connectivity index (χ4n) is 2.42. The molecule has 0 saturated heterocycles. The molecule has 0 heterocycles. The van der Waals surface area contributed by atoms with Gasteiger partial charge in [0.25, 0.3) is 5.91 Å². The number of hydrogen-bond acceptors (Lipinski definition) is 2. The summed E-state index contributed by atoms with van der Waals surface area (Å²) in [5.74, 6) is 0.698. The van der Waals surface area contributed by atoms with Gasteiger partial charge < -0.3 is 10.1 Å². The topological polar surface area (TPSA) is 38.3 Å². The molecule has 1 atom stereocenters. The van der Waals surface area contributed by atoms with E-state index in [4.69, 9.17) is 4.74 Å². The van der Waals surface area contributed by atoms with Gasteiger partial charge in [-0.1, -0.05) is 42.5 Å². The number of rotatable bonds is 7. The highest BCUT2D eigenvalue weighted by Crippen LogP contribution is 2.18. The Kier molecular flexibility index (Phi) is 6.21. The summed E-state index contributed by atoms with van der Waals surface area (Å²) in [6, 6.07) is 16.4. The third-order valence-electron chi connectivity index (χ3n) is 3.82. The molecule has 0 spiro atoms. The number of aryl methyl sites for hydroxylation is 3. The zero-order valence-corrected chi connectivity index (χ0v) is 14.1. The number of carbonyl (C=O) groups excluding carboxylic acids is 1. The van der Waals surface area contributed by atoms with E-state index in [2.05, 4.69) is 17.4 Å². The lowest BCUT2D eigenvalue weighted by Crippen LogP contribution is -2.36. The van der Waals surface area contributed by atoms with Gasteiger partial charge in [-0.05, 0) is 56.4 Å². The van der Waals surface area contributed by atoms with E-state index in [1.54, 1.807) is 0 Å². The number of carbonyl (C=O) groups is 1. The highest BCUT2D eigenvalue weighted by atomic mass is 16.5. The van der Waals surface area contributed by atoms with E-state index in [9.17, 15) is 4.79 Å². The summed E-state index contributed by atoms with van der Waals surface area (Å²) in [6.07, 6.45) is 1.87. The van der Waals surface area contributed by atoms with Crippen molar-refractivity contribution in [3.8, 4) is 5.75 Å². The molecule has 122 valence electrons. The smallest absolute Gasteiger partial charge is 0.258 e. The van der Waals surface area contributed by atoms with E-state index in [1.807, 2.05) is 57.2 Å². The summed E-state index contributed by atoms with van der Waals surface area (Å²) < 4.78 is 5.63. The first kappa shape index (κ1) is 17.1. The van der Waals surface area contributed by atoms with Crippen LogP contribution in [0.15, 0.2) is 48.5 Å². The van der Waals surface area contributed by atoms with Gasteiger partial charge in [-0.2, -0.15) is 0 Å². The molecule has 0 bridgehead atoms. The van der Waals surface area contributed by atoms with Gasteiger partial charge in [-0.3, -0.25) is 4.79 Å². The van der Waals surface area contributed by atoms with Crippen LogP contribution in [-0.2, 0) is 11.2 Å². The fraction of sp³-hybridized carbons (Fsp3) is 0.350. The average Bonchev–Trinajstić information content (AvgIpc) is 2.55. The maximum absolute atomic E-state index is 12.0. The highest BCUT2D eigenvalue weighted by molar-refractivity contribution is 5.77. The monoisotopic (exact) mass is 311 g/mol. The summed E-state index contributed by atoms with van der Waals surface area (Å²) in [4.78, 5) is 12.0. The maximum Gasteiger partial charge on any atom is 0.258 e. The average molecular weight is 311 g/mol. The number of benzene rings is 2. The molecule has 1 unspecified atom stereocenters. The molecule has 0 fully saturated rings. The minimum absolute atomic E-state index is 0.0555. The van der Waals surface area contributed by atoms with Crippen LogP contribution in [-0.4, -0.2) is 18.6 Å². The van der Waals surface area contributed by atoms with Gasteiger partial charge in [-0.25, -0.2) is 0 Å². The molecular weight excluding hydrogens is 286 g/mol. The summed E-state index contributed by atoms with van der Waals surface area (Å²) in [5.41, 5.74) is 3.46. The molecule has 3 nitrogen and oxygen atoms in total. The number of amides is 1. The highest BCUT2D eigenvalue weighted by Gasteiger charge is 2.09. The quantitative estimate of drug-likeness (QED) is 0.844. The normalized spacial score (nSPS) is 11.8. The van der Waals surface area contributed by atoms with Crippen LogP contribution >= 0.6 is 0 Å². The van der Waals surface area contributed by atoms with Gasteiger partial charge in [0, 0.05) is 6.04 Å². The Morgan fingerprint density at radius 2 is 1.87 bits per heavy atom. The molecule has 1 amide bonds. The summed E-state index contributed by atoms with van der Waals surface area (Å²) in [6.45, 7) is 6.08. The van der Waals surface area contributed by atoms with E-state index in [1.165, 1.54) is 5.56 Å². The van der Waals surface area contributed by atoms with E-state index in [0.717, 1.165) is 29.7 Å². The lowest BCUT2D eigenvalue weighted by atomic mass is 10.1. The van der Waals surface area contributed by atoms with Crippen molar-refractivity contribution in [1.82, 2.24) is 5.32 Å². The second kappa shape index (κ2) is 8.37. The molecule has 23 heavy (non-hydrogen) atoms. The molecular formula is C20H25NO2. The summed E-state index contributed by atoms with van der Waals surface area (Å²) in [7, 11) is 0. The minimum Gasteiger partial charge on any atom is -0.483 e. The van der Waals surface area contributed by atoms with Crippen LogP contribution in [0, 0.1) is 13.8 Å². The molecule has 0 saturated carbocycles. The Balaban J connectivity index is 1.74. The van der Waals surface area contributed by atoms with Crippen LogP contribution in [0.5, 0.6) is 5.75 Å². The van der Waals surface area contributed by atoms with E-state index >= 15 is 0 Å². The summed E-state index contributed by atoms with van der Waals surface area (Å²) in [5, 5.41) is 2.99. The number of nitrogens with one attached hydrogen (secondary N) is 1. The van der Waals surface area contributed by atoms with Crippen molar-refractivity contribution in [2.24, 2.45) is 0 Å². The van der Waals surface area contributed by atoms with Crippen LogP contribution in [0.3, 0.4) is 0 Å². The van der Waals surface area contributed by atoms with Crippen molar-refractivity contribution in [2.75, 3.05) is 6.61 Å². The molecule has 3 heteroatoms. The van der Waals surface area contributed by atoms with Crippen LogP contribution < -0.4 is 10.1 Å². The Labute approximate surface area is 138 Å². The molecule has 0 radical (unpaired) electrons. The Morgan fingerprint density at radius 1 is 1.13 bits per heavy atom. The zero-order valence-electron chi connectivity index (χ0n) is 14.1. The molecule has 0 aliphatic carbocycles. The SMILES string of the molecule is Cc1ccc(C)c(OCC(=O)NC(C)CCc2ccccc2)c1. The van der Waals surface area contributed by atoms with E-state index in [-0.39, 0.29) is 18.6 Å². The molecule has 0 aliphatic heterocycles. The van der Waals surface area contributed by atoms with Gasteiger partial charge >= 0.3 is 0 Å². The first-order valence-corrected chi connectivity index (χ1v) is 8.08. The van der Waals surface area contributed by atoms with Crippen molar-refractivity contribution in [2.45, 2.75) is 39.7 Å². The Morgan fingerprint density at radius 3 is 2.61 bits per heavy atom. The first-order chi connectivity index (χ1) is 11.0. The molecule has 1 N–H and O–H groups in total. The Bertz CT molecular complexity index is 637. The van der Waals surface area contributed by atoms with Crippen molar-refractivity contribution < 1.29 is 9.53 Å². The second-order valence-electron chi connectivity index (χ2n) is 6.05. The van der Waals surface area contributed by atoms with Gasteiger partial charge in [0.15, 0.2) is 6.61 Å². The van der Waals surface area contributed by atoms with E-state index < -0.39 is 0 Å². The molecule has 2 aromatic rings. The molecule has 2 aromatic carbocycles. The number of ether oxygens (including phenoxy) is 1. The lowest BCUT2D eigenvalue weighted by molar-refractivity contribution is -0.123. The van der Waals surface area contributed by atoms with Gasteiger partial charge in [-0.15, -0.1) is 0 Å². The van der Waals surface area contributed by atoms with Crippen LogP contribution in [0.1, 0.15) is 30.0 Å². The van der Waals surface area contributed by atoms with Gasteiger partial charge in [0.1, 0.15) is 5.75 Å². The van der Waals surface area contributed by atoms with Crippen molar-refractivity contribution in [1.29, 1.82) is 0 Å². The van der Waals surface area contributed by atoms with E-state index in [0.29, 0.717) is 0 Å². The van der Waals surface area contributed by atoms with Crippen LogP contribution in [0.4, 0.5) is 0 Å². The van der Waals surface area contributed by atoms with Crippen LogP contribution in [0.25, 0.3) is 0 Å². The van der Waals surface area contributed by atoms with Crippen LogP contribution in [0.2, 0.25) is 0 Å². The van der Waals surface area contributed by atoms with Gasteiger partial charge in [0.05, 0.1) is 0 Å². The standard InChI is InChI=1S/C20H25NO2/c1-15-9-10-16(2)19(13-15)23-14-20(22)21-17(3)11-12-18-7-5-4-6-8-18/h4-10,13,17H,11-12,14H2,1-3H3,(H,21,22). The third-order valence-corrected chi connectivity index (χ3v) is 3.82. The Hall–Kier alpha value is -2.29. The number of hydrogen-bond donors (Lipinski definition) is 1. The lowest BCUT2D eigenvalue weighted by Gasteiger charge is -2.15. The first-order valence-electron chi connectivity index (χ1n) is 8.08. The molecule has 0 aliphatic rings. The third kappa shape index (κ3) is 5.78. The van der Waals surface area contributed by atoms with Crippen molar-refractivity contribution in [3.63, 3.8) is 0 Å². The molecule has 0 aromatic heterocycles. The predicted octanol–water partition coefficient (Wildman–Crippen LogP) is 3.82. The van der Waals surface area contributed by atoms with Gasteiger partial charge in [0.2, 0.25) is 0 Å². The van der Waals surface area contributed by atoms with Crippen molar-refractivity contribution in [3.05, 3.63) is 65.2 Å². The second-order valence-corrected chi connectivity index (χ2v) is 6.05. The zero-order chi connectivity index (χ0) is 16.7. The minimum atomic E-state index is -0.0773. The fourth-order valence-corrected chi connectivity index (χ4v) is 2.42. The van der Waals surface area contributed by atoms with Crippen molar-refractivity contribution >= 4 is 5.91 Å². The molecule has 2 rings (SSSR count). The maximum atomic E-state index is 12.0.